The lowest BCUT2D eigenvalue weighted by atomic mass is 10.2. The van der Waals surface area contributed by atoms with Crippen LogP contribution in [0, 0.1) is 0 Å². The molecule has 0 radical (unpaired) electrons. The van der Waals surface area contributed by atoms with Crippen molar-refractivity contribution in [3.63, 3.8) is 0 Å². The monoisotopic (exact) mass is 414 g/mol. The van der Waals surface area contributed by atoms with Crippen LogP contribution in [0.2, 0.25) is 0 Å². The van der Waals surface area contributed by atoms with Crippen LogP contribution in [-0.4, -0.2) is 10.5 Å². The summed E-state index contributed by atoms with van der Waals surface area (Å²) in [5.41, 5.74) is 0.945. The second-order valence-corrected chi connectivity index (χ2v) is 7.29. The van der Waals surface area contributed by atoms with Gasteiger partial charge in [-0.2, -0.15) is 4.99 Å². The van der Waals surface area contributed by atoms with Crippen molar-refractivity contribution >= 4 is 54.4 Å². The highest BCUT2D eigenvalue weighted by Gasteiger charge is 2.14. The molecule has 0 unspecified atom stereocenters. The Morgan fingerprint density at radius 3 is 2.80 bits per heavy atom. The number of thiazole rings is 1. The highest BCUT2D eigenvalue weighted by atomic mass is 79.9. The fraction of sp³-hybridized carbons (Fsp3) is 0.0556. The molecule has 5 nitrogen and oxygen atoms in total. The van der Waals surface area contributed by atoms with E-state index in [1.807, 2.05) is 29.8 Å². The van der Waals surface area contributed by atoms with Gasteiger partial charge < -0.3 is 8.98 Å². The van der Waals surface area contributed by atoms with Gasteiger partial charge in [-0.3, -0.25) is 9.59 Å². The van der Waals surface area contributed by atoms with E-state index >= 15 is 0 Å². The SMILES string of the molecule is Cn1c(=NC(=O)c2coc3ccccc3c2=O)sc2cccc(Br)c21. The van der Waals surface area contributed by atoms with Crippen LogP contribution in [0.4, 0.5) is 0 Å². The third-order valence-electron chi connectivity index (χ3n) is 3.88. The zero-order chi connectivity index (χ0) is 17.6. The van der Waals surface area contributed by atoms with Crippen LogP contribution >= 0.6 is 27.3 Å². The minimum Gasteiger partial charge on any atom is -0.463 e. The van der Waals surface area contributed by atoms with Gasteiger partial charge >= 0.3 is 0 Å². The summed E-state index contributed by atoms with van der Waals surface area (Å²) in [4.78, 5) is 29.7. The van der Waals surface area contributed by atoms with Gasteiger partial charge in [-0.25, -0.2) is 0 Å². The zero-order valence-corrected chi connectivity index (χ0v) is 15.4. The summed E-state index contributed by atoms with van der Waals surface area (Å²) < 4.78 is 9.14. The van der Waals surface area contributed by atoms with E-state index in [-0.39, 0.29) is 11.0 Å². The molecule has 0 N–H and O–H groups in total. The molecule has 2 heterocycles. The van der Waals surface area contributed by atoms with Crippen molar-refractivity contribution in [1.82, 2.24) is 4.57 Å². The molecule has 0 saturated carbocycles. The molecular formula is C18H11BrN2O3S. The molecule has 0 fully saturated rings. The quantitative estimate of drug-likeness (QED) is 0.475. The average molecular weight is 415 g/mol. The molecule has 2 aromatic heterocycles. The Bertz CT molecular complexity index is 1270. The number of benzene rings is 2. The Balaban J connectivity index is 1.89. The Kier molecular flexibility index (Phi) is 3.89. The first-order chi connectivity index (χ1) is 12.1. The molecule has 4 rings (SSSR count). The summed E-state index contributed by atoms with van der Waals surface area (Å²) in [6.45, 7) is 0. The van der Waals surface area contributed by atoms with Crippen LogP contribution in [0.25, 0.3) is 21.2 Å². The van der Waals surface area contributed by atoms with Crippen molar-refractivity contribution in [3.05, 3.63) is 73.8 Å². The number of fused-ring (bicyclic) bond motifs is 2. The summed E-state index contributed by atoms with van der Waals surface area (Å²) in [5.74, 6) is -0.613. The van der Waals surface area contributed by atoms with Crippen LogP contribution in [0.5, 0.6) is 0 Å². The smallest absolute Gasteiger partial charge is 0.286 e. The average Bonchev–Trinajstić information content (AvgIpc) is 2.92. The van der Waals surface area contributed by atoms with Crippen LogP contribution in [0.3, 0.4) is 0 Å². The maximum atomic E-state index is 12.5. The topological polar surface area (TPSA) is 64.6 Å². The predicted molar refractivity (Wildman–Crippen MR) is 101 cm³/mol. The van der Waals surface area contributed by atoms with Gasteiger partial charge in [0.2, 0.25) is 5.43 Å². The first-order valence-corrected chi connectivity index (χ1v) is 9.01. The lowest BCUT2D eigenvalue weighted by Crippen LogP contribution is -2.18. The third kappa shape index (κ3) is 2.65. The van der Waals surface area contributed by atoms with Gasteiger partial charge in [-0.15, -0.1) is 0 Å². The molecule has 0 saturated heterocycles. The molecule has 124 valence electrons. The van der Waals surface area contributed by atoms with E-state index in [1.54, 1.807) is 24.3 Å². The number of hydrogen-bond acceptors (Lipinski definition) is 4. The van der Waals surface area contributed by atoms with Gasteiger partial charge in [0.1, 0.15) is 17.4 Å². The molecular weight excluding hydrogens is 404 g/mol. The second kappa shape index (κ2) is 6.09. The largest absolute Gasteiger partial charge is 0.463 e. The number of para-hydroxylation sites is 2. The lowest BCUT2D eigenvalue weighted by Gasteiger charge is -1.99. The standard InChI is InChI=1S/C18H11BrN2O3S/c1-21-15-12(19)6-4-8-14(15)25-18(21)20-17(23)11-9-24-13-7-3-2-5-10(13)16(11)22/h2-9H,1H3. The molecule has 4 aromatic rings. The number of nitrogens with zero attached hydrogens (tertiary/aromatic N) is 2. The minimum absolute atomic E-state index is 0.0739. The van der Waals surface area contributed by atoms with E-state index in [4.69, 9.17) is 4.42 Å². The van der Waals surface area contributed by atoms with Gasteiger partial charge in [0.05, 0.1) is 15.6 Å². The normalized spacial score (nSPS) is 12.2. The Hall–Kier alpha value is -2.51. The summed E-state index contributed by atoms with van der Waals surface area (Å²) in [6.07, 6.45) is 1.18. The second-order valence-electron chi connectivity index (χ2n) is 5.42. The maximum absolute atomic E-state index is 12.5. The van der Waals surface area contributed by atoms with Crippen molar-refractivity contribution in [2.45, 2.75) is 0 Å². The van der Waals surface area contributed by atoms with Crippen LogP contribution < -0.4 is 10.2 Å². The number of aromatic nitrogens is 1. The summed E-state index contributed by atoms with van der Waals surface area (Å²) in [5, 5.41) is 0.368. The number of rotatable bonds is 1. The number of halogens is 1. The number of aryl methyl sites for hydroxylation is 1. The van der Waals surface area contributed by atoms with Crippen LogP contribution in [-0.2, 0) is 7.05 Å². The molecule has 0 bridgehead atoms. The van der Waals surface area contributed by atoms with Crippen molar-refractivity contribution in [1.29, 1.82) is 0 Å². The first kappa shape index (κ1) is 16.0. The Labute approximate surface area is 154 Å². The van der Waals surface area contributed by atoms with Gasteiger partial charge in [0, 0.05) is 11.5 Å². The Morgan fingerprint density at radius 1 is 1.20 bits per heavy atom. The van der Waals surface area contributed by atoms with Gasteiger partial charge in [0.25, 0.3) is 5.91 Å². The molecule has 7 heteroatoms. The fourth-order valence-electron chi connectivity index (χ4n) is 2.64. The molecule has 0 atom stereocenters. The summed E-state index contributed by atoms with van der Waals surface area (Å²) in [7, 11) is 1.83. The van der Waals surface area contributed by atoms with Gasteiger partial charge in [-0.05, 0) is 40.2 Å². The van der Waals surface area contributed by atoms with Crippen molar-refractivity contribution in [2.75, 3.05) is 0 Å². The van der Waals surface area contributed by atoms with Gasteiger partial charge in [0.15, 0.2) is 4.80 Å². The summed E-state index contributed by atoms with van der Waals surface area (Å²) >= 11 is 4.89. The van der Waals surface area contributed by atoms with E-state index in [2.05, 4.69) is 20.9 Å². The van der Waals surface area contributed by atoms with E-state index in [0.717, 1.165) is 14.7 Å². The van der Waals surface area contributed by atoms with Crippen molar-refractivity contribution in [3.8, 4) is 0 Å². The van der Waals surface area contributed by atoms with E-state index < -0.39 is 5.91 Å². The molecule has 0 aliphatic rings. The molecule has 1 amide bonds. The van der Waals surface area contributed by atoms with E-state index in [1.165, 1.54) is 17.6 Å². The molecule has 0 spiro atoms. The number of amides is 1. The molecule has 0 aliphatic carbocycles. The number of carbonyl (C=O) groups excluding carboxylic acids is 1. The Morgan fingerprint density at radius 2 is 2.00 bits per heavy atom. The third-order valence-corrected chi connectivity index (χ3v) is 5.62. The zero-order valence-electron chi connectivity index (χ0n) is 13.0. The van der Waals surface area contributed by atoms with Crippen LogP contribution in [0.1, 0.15) is 10.4 Å². The molecule has 0 aliphatic heterocycles. The van der Waals surface area contributed by atoms with E-state index in [0.29, 0.717) is 15.8 Å². The lowest BCUT2D eigenvalue weighted by molar-refractivity contribution is 0.0995. The van der Waals surface area contributed by atoms with Crippen LogP contribution in [0.15, 0.2) is 67.4 Å². The summed E-state index contributed by atoms with van der Waals surface area (Å²) in [6, 6.07) is 12.6. The number of hydrogen-bond donors (Lipinski definition) is 0. The van der Waals surface area contributed by atoms with E-state index in [9.17, 15) is 9.59 Å². The van der Waals surface area contributed by atoms with Crippen molar-refractivity contribution < 1.29 is 9.21 Å². The molecule has 2 aromatic carbocycles. The predicted octanol–water partition coefficient (Wildman–Crippen LogP) is 3.85. The molecule has 25 heavy (non-hydrogen) atoms. The highest BCUT2D eigenvalue weighted by molar-refractivity contribution is 9.10. The first-order valence-electron chi connectivity index (χ1n) is 7.40. The minimum atomic E-state index is -0.613. The fourth-order valence-corrected chi connectivity index (χ4v) is 4.44. The number of carbonyl (C=O) groups is 1. The maximum Gasteiger partial charge on any atom is 0.286 e. The van der Waals surface area contributed by atoms with Gasteiger partial charge in [-0.1, -0.05) is 29.5 Å². The highest BCUT2D eigenvalue weighted by Crippen LogP contribution is 2.24. The van der Waals surface area contributed by atoms with Crippen molar-refractivity contribution in [2.24, 2.45) is 12.0 Å².